The quantitative estimate of drug-likeness (QED) is 0.708. The molecule has 0 radical (unpaired) electrons. The molecule has 2 unspecified atom stereocenters. The highest BCUT2D eigenvalue weighted by Gasteiger charge is 2.21. The number of hydrogen-bond donors (Lipinski definition) is 0. The third kappa shape index (κ3) is 4.39. The third-order valence-electron chi connectivity index (χ3n) is 3.14. The maximum atomic E-state index is 5.78. The molecule has 1 fully saturated rings. The van der Waals surface area contributed by atoms with Gasteiger partial charge in [-0.15, -0.1) is 0 Å². The van der Waals surface area contributed by atoms with Crippen LogP contribution >= 0.6 is 15.9 Å². The number of likely N-dealkylation sites (N-methyl/N-ethyl adjacent to an activating group) is 2. The molecule has 0 amide bonds. The first-order valence-electron chi connectivity index (χ1n) is 5.77. The second-order valence-corrected chi connectivity index (χ2v) is 4.98. The Hall–Kier alpha value is 0.360. The molecule has 0 aromatic carbocycles. The first-order chi connectivity index (χ1) is 7.17. The van der Waals surface area contributed by atoms with Crippen molar-refractivity contribution < 1.29 is 4.74 Å². The Morgan fingerprint density at radius 3 is 2.93 bits per heavy atom. The van der Waals surface area contributed by atoms with E-state index in [1.165, 1.54) is 0 Å². The van der Waals surface area contributed by atoms with E-state index in [0.29, 0.717) is 12.1 Å². The normalized spacial score (nSPS) is 25.8. The first kappa shape index (κ1) is 13.4. The molecule has 90 valence electrons. The molecule has 1 rings (SSSR count). The van der Waals surface area contributed by atoms with Crippen LogP contribution in [0.2, 0.25) is 0 Å². The lowest BCUT2D eigenvalue weighted by Crippen LogP contribution is -2.48. The Kier molecular flexibility index (Phi) is 6.12. The van der Waals surface area contributed by atoms with Gasteiger partial charge in [0.1, 0.15) is 0 Å². The fraction of sp³-hybridized carbons (Fsp3) is 1.00. The lowest BCUT2D eigenvalue weighted by molar-refractivity contribution is -0.0416. The van der Waals surface area contributed by atoms with Gasteiger partial charge in [-0.2, -0.15) is 0 Å². The number of hydrogen-bond acceptors (Lipinski definition) is 3. The van der Waals surface area contributed by atoms with Crippen LogP contribution in [0.15, 0.2) is 0 Å². The monoisotopic (exact) mass is 278 g/mol. The summed E-state index contributed by atoms with van der Waals surface area (Å²) in [7, 11) is 2.17. The molecule has 1 aliphatic rings. The number of nitrogens with zero attached hydrogens (tertiary/aromatic N) is 2. The zero-order valence-corrected chi connectivity index (χ0v) is 11.7. The van der Waals surface area contributed by atoms with Crippen LogP contribution in [0.4, 0.5) is 0 Å². The highest BCUT2D eigenvalue weighted by Crippen LogP contribution is 2.08. The topological polar surface area (TPSA) is 15.7 Å². The predicted octanol–water partition coefficient (Wildman–Crippen LogP) is 1.42. The van der Waals surface area contributed by atoms with E-state index in [1.54, 1.807) is 0 Å². The van der Waals surface area contributed by atoms with Crippen molar-refractivity contribution in [3.63, 3.8) is 0 Å². The lowest BCUT2D eigenvalue weighted by Gasteiger charge is -2.35. The van der Waals surface area contributed by atoms with Crippen molar-refractivity contribution in [2.75, 3.05) is 45.2 Å². The Labute approximate surface area is 102 Å². The van der Waals surface area contributed by atoms with Crippen LogP contribution in [-0.4, -0.2) is 67.1 Å². The first-order valence-corrected chi connectivity index (χ1v) is 6.89. The van der Waals surface area contributed by atoms with Crippen molar-refractivity contribution in [1.82, 2.24) is 9.80 Å². The van der Waals surface area contributed by atoms with Gasteiger partial charge in [0.25, 0.3) is 0 Å². The molecule has 2 atom stereocenters. The Morgan fingerprint density at radius 2 is 2.33 bits per heavy atom. The van der Waals surface area contributed by atoms with Crippen molar-refractivity contribution >= 4 is 15.9 Å². The minimum atomic E-state index is 0.380. The van der Waals surface area contributed by atoms with Gasteiger partial charge in [0.05, 0.1) is 12.7 Å². The molecule has 0 aromatic rings. The maximum Gasteiger partial charge on any atom is 0.0829 e. The molecule has 0 saturated carbocycles. The second-order valence-electron chi connectivity index (χ2n) is 4.33. The fourth-order valence-corrected chi connectivity index (χ4v) is 2.29. The van der Waals surface area contributed by atoms with E-state index in [0.717, 1.165) is 38.1 Å². The smallest absolute Gasteiger partial charge is 0.0829 e. The number of alkyl halides is 1. The van der Waals surface area contributed by atoms with Gasteiger partial charge in [-0.25, -0.2) is 0 Å². The number of ether oxygens (including phenoxy) is 1. The van der Waals surface area contributed by atoms with Crippen LogP contribution in [0.25, 0.3) is 0 Å². The van der Waals surface area contributed by atoms with Gasteiger partial charge in [0, 0.05) is 31.0 Å². The Morgan fingerprint density at radius 1 is 1.60 bits per heavy atom. The molecule has 15 heavy (non-hydrogen) atoms. The average molecular weight is 279 g/mol. The lowest BCUT2D eigenvalue weighted by atomic mass is 10.2. The summed E-state index contributed by atoms with van der Waals surface area (Å²) >= 11 is 3.51. The molecule has 0 bridgehead atoms. The summed E-state index contributed by atoms with van der Waals surface area (Å²) in [5.74, 6) is 0. The molecule has 0 aromatic heterocycles. The van der Waals surface area contributed by atoms with E-state index in [-0.39, 0.29) is 0 Å². The van der Waals surface area contributed by atoms with Crippen LogP contribution in [0.3, 0.4) is 0 Å². The second kappa shape index (κ2) is 6.84. The molecule has 1 saturated heterocycles. The van der Waals surface area contributed by atoms with Crippen LogP contribution in [0.1, 0.15) is 13.8 Å². The van der Waals surface area contributed by atoms with E-state index in [4.69, 9.17) is 4.74 Å². The zero-order chi connectivity index (χ0) is 11.3. The van der Waals surface area contributed by atoms with Crippen molar-refractivity contribution in [3.05, 3.63) is 0 Å². The van der Waals surface area contributed by atoms with Crippen LogP contribution < -0.4 is 0 Å². The van der Waals surface area contributed by atoms with Gasteiger partial charge in [0.2, 0.25) is 0 Å². The largest absolute Gasteiger partial charge is 0.374 e. The summed E-state index contributed by atoms with van der Waals surface area (Å²) in [6.07, 6.45) is 0.380. The average Bonchev–Trinajstić information content (AvgIpc) is 2.28. The molecule has 0 spiro atoms. The van der Waals surface area contributed by atoms with Gasteiger partial charge in [-0.1, -0.05) is 22.9 Å². The van der Waals surface area contributed by atoms with Crippen molar-refractivity contribution in [3.8, 4) is 0 Å². The molecule has 0 aliphatic carbocycles. The number of morpholine rings is 1. The molecule has 0 N–H and O–H groups in total. The van der Waals surface area contributed by atoms with E-state index in [9.17, 15) is 0 Å². The molecule has 3 nitrogen and oxygen atoms in total. The predicted molar refractivity (Wildman–Crippen MR) is 67.7 cm³/mol. The molecule has 1 heterocycles. The van der Waals surface area contributed by atoms with E-state index < -0.39 is 0 Å². The summed E-state index contributed by atoms with van der Waals surface area (Å²) in [5, 5.41) is 1.02. The SMILES string of the molecule is CCN1CCOC(CN(C)C(C)CBr)C1. The number of halogens is 1. The fourth-order valence-electron chi connectivity index (χ4n) is 1.80. The highest BCUT2D eigenvalue weighted by atomic mass is 79.9. The van der Waals surface area contributed by atoms with Crippen molar-refractivity contribution in [2.24, 2.45) is 0 Å². The van der Waals surface area contributed by atoms with Crippen LogP contribution in [0, 0.1) is 0 Å². The van der Waals surface area contributed by atoms with Gasteiger partial charge < -0.3 is 9.64 Å². The molecular formula is C11H23BrN2O. The Bertz CT molecular complexity index is 180. The van der Waals surface area contributed by atoms with Crippen LogP contribution in [0.5, 0.6) is 0 Å². The van der Waals surface area contributed by atoms with Gasteiger partial charge in [0.15, 0.2) is 0 Å². The van der Waals surface area contributed by atoms with Gasteiger partial charge >= 0.3 is 0 Å². The van der Waals surface area contributed by atoms with Crippen LogP contribution in [-0.2, 0) is 4.74 Å². The summed E-state index contributed by atoms with van der Waals surface area (Å²) in [6, 6.07) is 0.575. The standard InChI is InChI=1S/C11H23BrN2O/c1-4-14-5-6-15-11(9-14)8-13(3)10(2)7-12/h10-11H,4-9H2,1-3H3. The molecule has 1 aliphatic heterocycles. The van der Waals surface area contributed by atoms with Crippen molar-refractivity contribution in [1.29, 1.82) is 0 Å². The van der Waals surface area contributed by atoms with Gasteiger partial charge in [-0.3, -0.25) is 4.90 Å². The summed E-state index contributed by atoms with van der Waals surface area (Å²) in [4.78, 5) is 4.82. The van der Waals surface area contributed by atoms with E-state index >= 15 is 0 Å². The van der Waals surface area contributed by atoms with Gasteiger partial charge in [-0.05, 0) is 20.5 Å². The Balaban J connectivity index is 2.31. The van der Waals surface area contributed by atoms with E-state index in [2.05, 4.69) is 46.6 Å². The molecule has 4 heteroatoms. The summed E-state index contributed by atoms with van der Waals surface area (Å²) < 4.78 is 5.78. The van der Waals surface area contributed by atoms with Crippen molar-refractivity contribution in [2.45, 2.75) is 26.0 Å². The minimum Gasteiger partial charge on any atom is -0.374 e. The number of rotatable bonds is 5. The minimum absolute atomic E-state index is 0.380. The zero-order valence-electron chi connectivity index (χ0n) is 10.1. The van der Waals surface area contributed by atoms with E-state index in [1.807, 2.05) is 0 Å². The summed E-state index contributed by atoms with van der Waals surface area (Å²) in [6.45, 7) is 9.67. The summed E-state index contributed by atoms with van der Waals surface area (Å²) in [5.41, 5.74) is 0. The maximum absolute atomic E-state index is 5.78. The highest BCUT2D eigenvalue weighted by molar-refractivity contribution is 9.09. The molecular weight excluding hydrogens is 256 g/mol. The third-order valence-corrected chi connectivity index (χ3v) is 4.07.